The molecule has 0 heterocycles. The monoisotopic (exact) mass is 405 g/mol. The van der Waals surface area contributed by atoms with Gasteiger partial charge in [-0.3, -0.25) is 15.5 Å². The van der Waals surface area contributed by atoms with Crippen LogP contribution in [-0.4, -0.2) is 15.7 Å². The summed E-state index contributed by atoms with van der Waals surface area (Å²) in [5.74, 6) is 2.22. The van der Waals surface area contributed by atoms with Crippen molar-refractivity contribution < 1.29 is 10.0 Å². The van der Waals surface area contributed by atoms with Gasteiger partial charge >= 0.3 is 0 Å². The average molecular weight is 405 g/mol. The van der Waals surface area contributed by atoms with Gasteiger partial charge in [0.2, 0.25) is 0 Å². The number of aryl methyl sites for hydroxylation is 1. The third kappa shape index (κ3) is 3.06. The Kier molecular flexibility index (Phi) is 4.53. The summed E-state index contributed by atoms with van der Waals surface area (Å²) in [4.78, 5) is 10.6. The number of nitrogens with one attached hydrogen (secondary N) is 1. The summed E-state index contributed by atoms with van der Waals surface area (Å²) < 4.78 is 0. The van der Waals surface area contributed by atoms with Crippen LogP contribution in [0.3, 0.4) is 0 Å². The van der Waals surface area contributed by atoms with Crippen molar-refractivity contribution in [1.29, 1.82) is 0 Å². The van der Waals surface area contributed by atoms with Gasteiger partial charge in [0.05, 0.1) is 10.6 Å². The Bertz CT molecular complexity index is 1030. The zero-order valence-electron chi connectivity index (χ0n) is 17.2. The normalized spacial score (nSPS) is 31.0. The number of hydrazone groups is 1. The Morgan fingerprint density at radius 1 is 1.17 bits per heavy atom. The summed E-state index contributed by atoms with van der Waals surface area (Å²) >= 11 is 0. The van der Waals surface area contributed by atoms with Crippen LogP contribution in [0.4, 0.5) is 11.4 Å². The number of nitro groups is 1. The number of aromatic hydroxyl groups is 1. The van der Waals surface area contributed by atoms with Crippen molar-refractivity contribution in [2.24, 2.45) is 22.4 Å². The zero-order valence-corrected chi connectivity index (χ0v) is 17.2. The highest BCUT2D eigenvalue weighted by Crippen LogP contribution is 2.60. The Balaban J connectivity index is 1.38. The van der Waals surface area contributed by atoms with Crippen LogP contribution in [0.5, 0.6) is 5.75 Å². The first-order chi connectivity index (χ1) is 14.5. The third-order valence-corrected chi connectivity index (χ3v) is 7.83. The number of rotatable bonds is 3. The Hall–Kier alpha value is -2.89. The van der Waals surface area contributed by atoms with E-state index in [4.69, 9.17) is 5.10 Å². The van der Waals surface area contributed by atoms with Gasteiger partial charge in [0.1, 0.15) is 5.75 Å². The van der Waals surface area contributed by atoms with Gasteiger partial charge in [-0.15, -0.1) is 0 Å². The average Bonchev–Trinajstić information content (AvgIpc) is 3.08. The van der Waals surface area contributed by atoms with Crippen molar-refractivity contribution in [3.63, 3.8) is 0 Å². The molecule has 3 aliphatic carbocycles. The minimum Gasteiger partial charge on any atom is -0.508 e. The number of nitro benzene ring substituents is 1. The highest BCUT2D eigenvalue weighted by atomic mass is 16.6. The number of nitrogens with zero attached hydrogens (tertiary/aromatic N) is 2. The summed E-state index contributed by atoms with van der Waals surface area (Å²) in [6.07, 6.45) is 6.60. The second-order valence-electron chi connectivity index (χ2n) is 9.27. The molecule has 3 aliphatic rings. The fourth-order valence-corrected chi connectivity index (χ4v) is 6.36. The van der Waals surface area contributed by atoms with Crippen molar-refractivity contribution in [2.45, 2.75) is 51.4 Å². The number of fused-ring (bicyclic) bond motifs is 5. The molecule has 0 aliphatic heterocycles. The third-order valence-electron chi connectivity index (χ3n) is 7.83. The van der Waals surface area contributed by atoms with Gasteiger partial charge in [0.25, 0.3) is 5.69 Å². The largest absolute Gasteiger partial charge is 0.508 e. The van der Waals surface area contributed by atoms with E-state index in [0.717, 1.165) is 32.1 Å². The number of anilines is 1. The second-order valence-corrected chi connectivity index (χ2v) is 9.27. The minimum atomic E-state index is -0.382. The molecule has 5 rings (SSSR count). The van der Waals surface area contributed by atoms with E-state index in [1.54, 1.807) is 6.07 Å². The first-order valence-corrected chi connectivity index (χ1v) is 10.8. The standard InChI is InChI=1S/C24H27N3O3/c1-24-12-11-20-19-8-6-18(28)13-15(19)5-7-21(20)22(24)9-10-23(24)26-25-16-3-2-4-17(14-16)27(29)30/h2-4,6,8,13-14,20-22,25,28H,5,7,9-12H2,1H3/b26-23-/t20-,21-,22-,24+/m0/s1. The Labute approximate surface area is 176 Å². The number of hydrogen-bond acceptors (Lipinski definition) is 5. The fraction of sp³-hybridized carbons (Fsp3) is 0.458. The van der Waals surface area contributed by atoms with Crippen LogP contribution >= 0.6 is 0 Å². The van der Waals surface area contributed by atoms with E-state index in [9.17, 15) is 15.2 Å². The van der Waals surface area contributed by atoms with Crippen molar-refractivity contribution in [3.8, 4) is 5.75 Å². The van der Waals surface area contributed by atoms with Crippen LogP contribution in [0.2, 0.25) is 0 Å². The summed E-state index contributed by atoms with van der Waals surface area (Å²) in [6.45, 7) is 2.36. The van der Waals surface area contributed by atoms with E-state index in [2.05, 4.69) is 18.4 Å². The smallest absolute Gasteiger partial charge is 0.271 e. The van der Waals surface area contributed by atoms with Gasteiger partial charge in [-0.25, -0.2) is 0 Å². The van der Waals surface area contributed by atoms with Crippen molar-refractivity contribution in [2.75, 3.05) is 5.43 Å². The summed E-state index contributed by atoms with van der Waals surface area (Å²) in [6, 6.07) is 12.4. The molecule has 2 fully saturated rings. The fourth-order valence-electron chi connectivity index (χ4n) is 6.36. The van der Waals surface area contributed by atoms with Crippen LogP contribution in [-0.2, 0) is 6.42 Å². The van der Waals surface area contributed by atoms with Gasteiger partial charge in [-0.2, -0.15) is 5.10 Å². The maximum Gasteiger partial charge on any atom is 0.271 e. The van der Waals surface area contributed by atoms with Gasteiger partial charge < -0.3 is 5.11 Å². The van der Waals surface area contributed by atoms with Gasteiger partial charge in [-0.05, 0) is 85.6 Å². The molecule has 2 saturated carbocycles. The van der Waals surface area contributed by atoms with Crippen LogP contribution in [0.15, 0.2) is 47.6 Å². The van der Waals surface area contributed by atoms with Crippen molar-refractivity contribution in [1.82, 2.24) is 0 Å². The molecule has 0 radical (unpaired) electrons. The molecule has 0 spiro atoms. The van der Waals surface area contributed by atoms with Crippen LogP contribution in [0.1, 0.15) is 56.1 Å². The molecule has 6 nitrogen and oxygen atoms in total. The zero-order chi connectivity index (χ0) is 20.9. The molecule has 0 saturated heterocycles. The molecule has 0 unspecified atom stereocenters. The molecule has 0 amide bonds. The lowest BCUT2D eigenvalue weighted by Gasteiger charge is -2.49. The van der Waals surface area contributed by atoms with Crippen LogP contribution in [0, 0.1) is 27.4 Å². The molecular formula is C24H27N3O3. The quantitative estimate of drug-likeness (QED) is 0.512. The van der Waals surface area contributed by atoms with E-state index in [-0.39, 0.29) is 16.0 Å². The van der Waals surface area contributed by atoms with Gasteiger partial charge in [0.15, 0.2) is 0 Å². The Morgan fingerprint density at radius 2 is 2.03 bits per heavy atom. The lowest BCUT2D eigenvalue weighted by atomic mass is 9.55. The second kappa shape index (κ2) is 7.11. The predicted octanol–water partition coefficient (Wildman–Crippen LogP) is 5.62. The van der Waals surface area contributed by atoms with E-state index in [0.29, 0.717) is 29.2 Å². The van der Waals surface area contributed by atoms with Crippen LogP contribution < -0.4 is 5.43 Å². The Morgan fingerprint density at radius 3 is 2.87 bits per heavy atom. The molecule has 2 aromatic carbocycles. The summed E-state index contributed by atoms with van der Waals surface area (Å²) in [7, 11) is 0. The molecule has 6 heteroatoms. The first kappa shape index (κ1) is 19.1. The first-order valence-electron chi connectivity index (χ1n) is 10.8. The molecule has 2 aromatic rings. The molecule has 0 bridgehead atoms. The van der Waals surface area contributed by atoms with E-state index in [1.165, 1.54) is 35.4 Å². The molecule has 0 aromatic heterocycles. The summed E-state index contributed by atoms with van der Waals surface area (Å²) in [5, 5.41) is 25.6. The van der Waals surface area contributed by atoms with E-state index in [1.807, 2.05) is 18.2 Å². The summed E-state index contributed by atoms with van der Waals surface area (Å²) in [5.41, 5.74) is 7.86. The maximum atomic E-state index is 11.0. The lowest BCUT2D eigenvalue weighted by Crippen LogP contribution is -2.42. The number of hydrogen-bond donors (Lipinski definition) is 2. The van der Waals surface area contributed by atoms with Crippen LogP contribution in [0.25, 0.3) is 0 Å². The van der Waals surface area contributed by atoms with Crippen molar-refractivity contribution >= 4 is 17.1 Å². The van der Waals surface area contributed by atoms with E-state index < -0.39 is 0 Å². The van der Waals surface area contributed by atoms with Crippen molar-refractivity contribution in [3.05, 3.63) is 63.7 Å². The number of benzene rings is 2. The number of non-ortho nitro benzene ring substituents is 1. The predicted molar refractivity (Wildman–Crippen MR) is 117 cm³/mol. The number of phenols is 1. The highest BCUT2D eigenvalue weighted by Gasteiger charge is 2.53. The molecule has 2 N–H and O–H groups in total. The maximum absolute atomic E-state index is 11.0. The molecule has 30 heavy (non-hydrogen) atoms. The lowest BCUT2D eigenvalue weighted by molar-refractivity contribution is -0.384. The molecular weight excluding hydrogens is 378 g/mol. The highest BCUT2D eigenvalue weighted by molar-refractivity contribution is 5.93. The number of phenolic OH excluding ortho intramolecular Hbond substituents is 1. The van der Waals surface area contributed by atoms with Gasteiger partial charge in [0, 0.05) is 23.3 Å². The van der Waals surface area contributed by atoms with E-state index >= 15 is 0 Å². The topological polar surface area (TPSA) is 87.8 Å². The molecule has 156 valence electrons. The minimum absolute atomic E-state index is 0.0723. The van der Waals surface area contributed by atoms with Gasteiger partial charge in [-0.1, -0.05) is 19.1 Å². The molecule has 4 atom stereocenters. The SMILES string of the molecule is C[C@@]12CC[C@H]3c4ccc(O)cc4CC[C@@H]3[C@@H]1CC/C2=N/Nc1cccc([N+](=O)[O-])c1.